The summed E-state index contributed by atoms with van der Waals surface area (Å²) < 4.78 is 84.9. The van der Waals surface area contributed by atoms with Gasteiger partial charge in [-0.15, -0.1) is 0 Å². The average Bonchev–Trinajstić information content (AvgIpc) is 3.15. The summed E-state index contributed by atoms with van der Waals surface area (Å²) in [5.41, 5.74) is 2.39. The number of aromatic hydroxyl groups is 1. The molecule has 286 valence electrons. The highest BCUT2D eigenvalue weighted by Crippen LogP contribution is 2.31. The summed E-state index contributed by atoms with van der Waals surface area (Å²) in [6.07, 6.45) is 0. The standard InChI is InChI=1S/C40H34O8S3.C4H10/c1-40(2,3)30-8-20-36(21-9-30)49(42,43)34-16-4-28(5-17-34)29-6-18-35(19-7-29)50(44,45)38-24-12-32(13-25-38)48-33-14-26-39(27-15-33)51(46,47)37-22-10-31(41)11-23-37;1-4(2)3/h4-27,41H,1-3H3;4H,1-3H3. The summed E-state index contributed by atoms with van der Waals surface area (Å²) in [7, 11) is -11.4. The lowest BCUT2D eigenvalue weighted by Crippen LogP contribution is -2.11. The van der Waals surface area contributed by atoms with E-state index in [1.807, 2.05) is 12.1 Å². The van der Waals surface area contributed by atoms with Crippen LogP contribution in [0.3, 0.4) is 0 Å². The van der Waals surface area contributed by atoms with Crippen LogP contribution in [0.15, 0.2) is 175 Å². The van der Waals surface area contributed by atoms with Gasteiger partial charge in [-0.1, -0.05) is 77.9 Å². The Morgan fingerprint density at radius 3 is 0.927 bits per heavy atom. The molecule has 0 saturated heterocycles. The second-order valence-electron chi connectivity index (χ2n) is 14.6. The van der Waals surface area contributed by atoms with E-state index in [1.54, 1.807) is 48.5 Å². The van der Waals surface area contributed by atoms with Gasteiger partial charge in [0.25, 0.3) is 0 Å². The molecule has 0 aliphatic carbocycles. The van der Waals surface area contributed by atoms with Gasteiger partial charge in [-0.2, -0.15) is 0 Å². The highest BCUT2D eigenvalue weighted by atomic mass is 32.2. The third-order valence-corrected chi connectivity index (χ3v) is 13.7. The quantitative estimate of drug-likeness (QED) is 0.153. The smallest absolute Gasteiger partial charge is 0.206 e. The number of benzene rings is 6. The molecule has 1 N–H and O–H groups in total. The van der Waals surface area contributed by atoms with E-state index in [-0.39, 0.29) is 40.5 Å². The molecule has 6 aromatic rings. The third-order valence-electron chi connectivity index (χ3n) is 8.34. The Kier molecular flexibility index (Phi) is 12.1. The van der Waals surface area contributed by atoms with E-state index in [1.165, 1.54) is 84.9 Å². The summed E-state index contributed by atoms with van der Waals surface area (Å²) >= 11 is 0. The molecule has 0 bridgehead atoms. The summed E-state index contributed by atoms with van der Waals surface area (Å²) in [4.78, 5) is 0.617. The van der Waals surface area contributed by atoms with Gasteiger partial charge in [0.15, 0.2) is 0 Å². The van der Waals surface area contributed by atoms with Crippen molar-refractivity contribution in [3.05, 3.63) is 151 Å². The number of sulfone groups is 3. The Hall–Kier alpha value is -5.23. The molecule has 0 spiro atoms. The molecular weight excluding hydrogens is 753 g/mol. The normalized spacial score (nSPS) is 12.1. The highest BCUT2D eigenvalue weighted by molar-refractivity contribution is 7.92. The Morgan fingerprint density at radius 1 is 0.418 bits per heavy atom. The van der Waals surface area contributed by atoms with Gasteiger partial charge in [-0.3, -0.25) is 0 Å². The van der Waals surface area contributed by atoms with Crippen molar-refractivity contribution < 1.29 is 35.1 Å². The third kappa shape index (κ3) is 9.72. The SMILES string of the molecule is CC(C)(C)c1ccc(S(=O)(=O)c2ccc(-c3ccc(S(=O)(=O)c4ccc(Oc5ccc(S(=O)(=O)c6ccc(O)cc6)cc5)cc4)cc3)cc2)cc1.CC(C)C. The van der Waals surface area contributed by atoms with E-state index < -0.39 is 29.5 Å². The van der Waals surface area contributed by atoms with Crippen LogP contribution in [-0.2, 0) is 34.9 Å². The molecule has 0 amide bonds. The zero-order valence-electron chi connectivity index (χ0n) is 31.5. The number of phenols is 1. The fourth-order valence-corrected chi connectivity index (χ4v) is 9.11. The number of phenolic OH excluding ortho intramolecular Hbond substituents is 1. The van der Waals surface area contributed by atoms with Gasteiger partial charge in [0, 0.05) is 0 Å². The summed E-state index contributed by atoms with van der Waals surface area (Å²) in [5, 5.41) is 9.45. The molecule has 0 aromatic heterocycles. The molecule has 0 aliphatic rings. The first-order valence-corrected chi connectivity index (χ1v) is 22.0. The van der Waals surface area contributed by atoms with E-state index in [2.05, 4.69) is 41.5 Å². The molecule has 8 nitrogen and oxygen atoms in total. The first-order chi connectivity index (χ1) is 25.8. The monoisotopic (exact) mass is 796 g/mol. The van der Waals surface area contributed by atoms with E-state index >= 15 is 0 Å². The lowest BCUT2D eigenvalue weighted by atomic mass is 9.87. The lowest BCUT2D eigenvalue weighted by molar-refractivity contribution is 0.474. The average molecular weight is 797 g/mol. The molecule has 0 fully saturated rings. The maximum Gasteiger partial charge on any atom is 0.206 e. The van der Waals surface area contributed by atoms with Crippen LogP contribution >= 0.6 is 0 Å². The van der Waals surface area contributed by atoms with E-state index in [9.17, 15) is 30.4 Å². The maximum atomic E-state index is 13.4. The fraction of sp³-hybridized carbons (Fsp3) is 0.182. The Labute approximate surface area is 324 Å². The van der Waals surface area contributed by atoms with E-state index in [0.717, 1.165) is 22.6 Å². The topological polar surface area (TPSA) is 132 Å². The van der Waals surface area contributed by atoms with Crippen LogP contribution in [0.4, 0.5) is 0 Å². The molecule has 6 rings (SSSR count). The van der Waals surface area contributed by atoms with Crippen molar-refractivity contribution in [2.45, 2.75) is 76.3 Å². The molecule has 0 radical (unpaired) electrons. The molecule has 11 heteroatoms. The van der Waals surface area contributed by atoms with Gasteiger partial charge in [0.2, 0.25) is 29.5 Å². The van der Waals surface area contributed by atoms with Crippen LogP contribution in [-0.4, -0.2) is 30.4 Å². The van der Waals surface area contributed by atoms with Crippen LogP contribution in [0.1, 0.15) is 47.1 Å². The molecule has 0 unspecified atom stereocenters. The molecule has 0 heterocycles. The minimum Gasteiger partial charge on any atom is -0.508 e. The van der Waals surface area contributed by atoms with E-state index in [0.29, 0.717) is 11.5 Å². The Morgan fingerprint density at radius 2 is 0.655 bits per heavy atom. The van der Waals surface area contributed by atoms with Crippen molar-refractivity contribution in [2.75, 3.05) is 0 Å². The first-order valence-electron chi connectivity index (χ1n) is 17.5. The van der Waals surface area contributed by atoms with Crippen molar-refractivity contribution in [3.63, 3.8) is 0 Å². The summed E-state index contributed by atoms with van der Waals surface area (Å²) in [6.45, 7) is 12.7. The Bertz CT molecular complexity index is 2550. The van der Waals surface area contributed by atoms with Crippen molar-refractivity contribution >= 4 is 29.5 Å². The predicted octanol–water partition coefficient (Wildman–Crippen LogP) is 10.3. The zero-order chi connectivity index (χ0) is 40.2. The molecule has 0 atom stereocenters. The highest BCUT2D eigenvalue weighted by Gasteiger charge is 2.22. The Balaban J connectivity index is 0.00000138. The predicted molar refractivity (Wildman–Crippen MR) is 215 cm³/mol. The van der Waals surface area contributed by atoms with Gasteiger partial charge in [-0.05, 0) is 137 Å². The van der Waals surface area contributed by atoms with Crippen LogP contribution in [0.5, 0.6) is 17.2 Å². The van der Waals surface area contributed by atoms with Crippen LogP contribution < -0.4 is 4.74 Å². The minimum atomic E-state index is -3.87. The lowest BCUT2D eigenvalue weighted by Gasteiger charge is -2.19. The van der Waals surface area contributed by atoms with Gasteiger partial charge >= 0.3 is 0 Å². The fourth-order valence-electron chi connectivity index (χ4n) is 5.33. The van der Waals surface area contributed by atoms with Gasteiger partial charge < -0.3 is 9.84 Å². The van der Waals surface area contributed by atoms with Crippen molar-refractivity contribution in [3.8, 4) is 28.4 Å². The van der Waals surface area contributed by atoms with Crippen molar-refractivity contribution in [1.82, 2.24) is 0 Å². The minimum absolute atomic E-state index is 0.0385. The molecule has 0 aliphatic heterocycles. The van der Waals surface area contributed by atoms with Crippen molar-refractivity contribution in [2.24, 2.45) is 5.92 Å². The van der Waals surface area contributed by atoms with Crippen LogP contribution in [0.2, 0.25) is 0 Å². The zero-order valence-corrected chi connectivity index (χ0v) is 33.9. The molecular formula is C44H44O8S3. The molecule has 0 saturated carbocycles. The summed E-state index contributed by atoms with van der Waals surface area (Å²) in [5.74, 6) is 1.50. The first kappa shape index (κ1) is 40.9. The van der Waals surface area contributed by atoms with Crippen LogP contribution in [0.25, 0.3) is 11.1 Å². The van der Waals surface area contributed by atoms with Gasteiger partial charge in [0.1, 0.15) is 17.2 Å². The number of rotatable bonds is 9. The number of ether oxygens (including phenoxy) is 1. The number of hydrogen-bond acceptors (Lipinski definition) is 8. The van der Waals surface area contributed by atoms with Crippen LogP contribution in [0, 0.1) is 5.92 Å². The molecule has 6 aromatic carbocycles. The maximum absolute atomic E-state index is 13.4. The number of hydrogen-bond donors (Lipinski definition) is 1. The summed E-state index contributed by atoms with van der Waals surface area (Å²) in [6, 6.07) is 36.7. The second kappa shape index (κ2) is 16.2. The molecule has 55 heavy (non-hydrogen) atoms. The largest absolute Gasteiger partial charge is 0.508 e. The van der Waals surface area contributed by atoms with Crippen molar-refractivity contribution in [1.29, 1.82) is 0 Å². The van der Waals surface area contributed by atoms with Gasteiger partial charge in [0.05, 0.1) is 29.4 Å². The second-order valence-corrected chi connectivity index (χ2v) is 20.5. The van der Waals surface area contributed by atoms with E-state index in [4.69, 9.17) is 4.74 Å². The van der Waals surface area contributed by atoms with Gasteiger partial charge in [-0.25, -0.2) is 25.3 Å².